The number of phenols is 2. The van der Waals surface area contributed by atoms with Crippen molar-refractivity contribution in [3.05, 3.63) is 50.5 Å². The number of aromatic amines is 1. The molecule has 2 aromatic heterocycles. The number of H-pyrrole nitrogens is 1. The van der Waals surface area contributed by atoms with Crippen LogP contribution in [-0.2, 0) is 6.42 Å². The summed E-state index contributed by atoms with van der Waals surface area (Å²) in [4.78, 5) is 19.2. The zero-order valence-electron chi connectivity index (χ0n) is 11.4. The van der Waals surface area contributed by atoms with E-state index in [0.29, 0.717) is 16.7 Å². The maximum Gasteiger partial charge on any atom is 0.276 e. The van der Waals surface area contributed by atoms with E-state index in [9.17, 15) is 15.0 Å². The summed E-state index contributed by atoms with van der Waals surface area (Å²) in [7, 11) is 0. The van der Waals surface area contributed by atoms with Gasteiger partial charge in [0, 0.05) is 0 Å². The Kier molecular flexibility index (Phi) is 2.56. The molecule has 7 nitrogen and oxygen atoms in total. The van der Waals surface area contributed by atoms with Gasteiger partial charge in [0.25, 0.3) is 5.56 Å². The number of hydrogen-bond donors (Lipinski definition) is 3. The van der Waals surface area contributed by atoms with Crippen LogP contribution in [0.1, 0.15) is 17.7 Å². The van der Waals surface area contributed by atoms with Crippen molar-refractivity contribution in [1.82, 2.24) is 19.6 Å². The van der Waals surface area contributed by atoms with E-state index in [1.165, 1.54) is 16.6 Å². The molecule has 0 unspecified atom stereocenters. The van der Waals surface area contributed by atoms with E-state index >= 15 is 0 Å². The van der Waals surface area contributed by atoms with Crippen LogP contribution in [0.15, 0.2) is 23.0 Å². The van der Waals surface area contributed by atoms with Crippen LogP contribution in [0, 0.1) is 0 Å². The highest BCUT2D eigenvalue weighted by atomic mass is 16.3. The number of imidazole rings is 1. The van der Waals surface area contributed by atoms with E-state index in [0.717, 1.165) is 23.9 Å². The lowest BCUT2D eigenvalue weighted by atomic mass is 10.2. The van der Waals surface area contributed by atoms with Crippen LogP contribution in [0.2, 0.25) is 0 Å². The Hall–Kier alpha value is -3.09. The number of aromatic hydroxyl groups is 2. The third kappa shape index (κ3) is 1.86. The first kappa shape index (κ1) is 12.6. The molecule has 3 N–H and O–H groups in total. The van der Waals surface area contributed by atoms with Gasteiger partial charge < -0.3 is 10.2 Å². The summed E-state index contributed by atoms with van der Waals surface area (Å²) < 4.78 is 1.48. The second kappa shape index (κ2) is 4.45. The topological polar surface area (TPSA) is 104 Å². The van der Waals surface area contributed by atoms with E-state index in [2.05, 4.69) is 15.1 Å². The third-order valence-corrected chi connectivity index (χ3v) is 3.65. The summed E-state index contributed by atoms with van der Waals surface area (Å²) >= 11 is 0. The molecule has 2 heterocycles. The largest absolute Gasteiger partial charge is 0.504 e. The average molecular weight is 296 g/mol. The summed E-state index contributed by atoms with van der Waals surface area (Å²) in [5, 5.41) is 24.5. The minimum Gasteiger partial charge on any atom is -0.504 e. The molecule has 1 aliphatic carbocycles. The lowest BCUT2D eigenvalue weighted by Gasteiger charge is -1.99. The zero-order chi connectivity index (χ0) is 15.3. The molecule has 0 spiro atoms. The Morgan fingerprint density at radius 2 is 2.14 bits per heavy atom. The molecule has 0 saturated heterocycles. The number of nitrogens with zero attached hydrogens (tertiary/aromatic N) is 3. The summed E-state index contributed by atoms with van der Waals surface area (Å²) in [6, 6.07) is 4.34. The van der Waals surface area contributed by atoms with Gasteiger partial charge in [0.15, 0.2) is 11.5 Å². The minimum absolute atomic E-state index is 0.209. The van der Waals surface area contributed by atoms with E-state index in [4.69, 9.17) is 0 Å². The van der Waals surface area contributed by atoms with Crippen molar-refractivity contribution in [3.8, 4) is 11.5 Å². The number of aromatic nitrogens is 4. The SMILES string of the molecule is O=c1[nH]c2nc3c(nn2/c1=C\c1ccc(O)c(O)c1)CCC=3. The van der Waals surface area contributed by atoms with Crippen molar-refractivity contribution in [2.75, 3.05) is 0 Å². The zero-order valence-corrected chi connectivity index (χ0v) is 11.4. The number of rotatable bonds is 1. The van der Waals surface area contributed by atoms with Gasteiger partial charge in [-0.05, 0) is 36.6 Å². The fourth-order valence-corrected chi connectivity index (χ4v) is 2.56. The predicted octanol–water partition coefficient (Wildman–Crippen LogP) is -0.616. The lowest BCUT2D eigenvalue weighted by Crippen LogP contribution is -2.28. The second-order valence-electron chi connectivity index (χ2n) is 5.15. The molecule has 0 radical (unpaired) electrons. The fraction of sp³-hybridized carbons (Fsp3) is 0.133. The molecule has 0 aliphatic heterocycles. The van der Waals surface area contributed by atoms with Crippen molar-refractivity contribution < 1.29 is 10.2 Å². The fourth-order valence-electron chi connectivity index (χ4n) is 2.56. The van der Waals surface area contributed by atoms with Crippen molar-refractivity contribution in [2.24, 2.45) is 0 Å². The Bertz CT molecular complexity index is 1080. The Labute approximate surface area is 123 Å². The molecule has 0 atom stereocenters. The monoisotopic (exact) mass is 296 g/mol. The number of aryl methyl sites for hydroxylation is 1. The first-order chi connectivity index (χ1) is 10.6. The molecule has 110 valence electrons. The number of benzene rings is 1. The highest BCUT2D eigenvalue weighted by Gasteiger charge is 2.11. The van der Waals surface area contributed by atoms with Crippen molar-refractivity contribution in [2.45, 2.75) is 12.8 Å². The molecule has 1 aromatic carbocycles. The lowest BCUT2D eigenvalue weighted by molar-refractivity contribution is 0.403. The summed E-state index contributed by atoms with van der Waals surface area (Å²) in [6.07, 6.45) is 5.29. The van der Waals surface area contributed by atoms with E-state index in [-0.39, 0.29) is 17.1 Å². The smallest absolute Gasteiger partial charge is 0.276 e. The van der Waals surface area contributed by atoms with Gasteiger partial charge in [-0.1, -0.05) is 12.1 Å². The van der Waals surface area contributed by atoms with Gasteiger partial charge in [-0.3, -0.25) is 9.78 Å². The third-order valence-electron chi connectivity index (χ3n) is 3.65. The Morgan fingerprint density at radius 1 is 1.27 bits per heavy atom. The van der Waals surface area contributed by atoms with Crippen molar-refractivity contribution in [3.63, 3.8) is 0 Å². The van der Waals surface area contributed by atoms with Gasteiger partial charge >= 0.3 is 0 Å². The molecule has 3 aromatic rings. The van der Waals surface area contributed by atoms with Gasteiger partial charge in [0.2, 0.25) is 5.78 Å². The number of phenolic OH excluding ortho intramolecular Hbond substituents is 2. The van der Waals surface area contributed by atoms with Crippen LogP contribution in [0.5, 0.6) is 11.5 Å². The number of fused-ring (bicyclic) bond motifs is 2. The van der Waals surface area contributed by atoms with E-state index in [1.54, 1.807) is 12.1 Å². The van der Waals surface area contributed by atoms with E-state index in [1.807, 2.05) is 6.08 Å². The molecular weight excluding hydrogens is 284 g/mol. The van der Waals surface area contributed by atoms with Crippen LogP contribution in [-0.4, -0.2) is 29.8 Å². The second-order valence-corrected chi connectivity index (χ2v) is 5.15. The Morgan fingerprint density at radius 3 is 2.95 bits per heavy atom. The normalized spacial score (nSPS) is 14.3. The van der Waals surface area contributed by atoms with Crippen LogP contribution >= 0.6 is 0 Å². The molecule has 1 aliphatic rings. The first-order valence-corrected chi connectivity index (χ1v) is 6.84. The summed E-state index contributed by atoms with van der Waals surface area (Å²) in [6.45, 7) is 0. The summed E-state index contributed by atoms with van der Waals surface area (Å²) in [5.41, 5.74) is 1.13. The molecule has 22 heavy (non-hydrogen) atoms. The standard InChI is InChI=1S/C15H12N4O3/c20-12-5-4-8(7-13(12)21)6-11-14(22)17-15-16-9-2-1-3-10(9)18-19(11)15/h2,4-7,20-21H,1,3H2,(H,16,17,22)/b11-6-. The highest BCUT2D eigenvalue weighted by Crippen LogP contribution is 2.24. The maximum absolute atomic E-state index is 12.1. The molecular formula is C15H12N4O3. The van der Waals surface area contributed by atoms with Gasteiger partial charge in [-0.2, -0.15) is 9.61 Å². The van der Waals surface area contributed by atoms with Crippen LogP contribution in [0.3, 0.4) is 0 Å². The Balaban J connectivity index is 2.00. The van der Waals surface area contributed by atoms with E-state index < -0.39 is 0 Å². The molecule has 0 bridgehead atoms. The van der Waals surface area contributed by atoms with Gasteiger partial charge in [0.05, 0.1) is 11.0 Å². The van der Waals surface area contributed by atoms with Crippen LogP contribution < -0.4 is 16.3 Å². The average Bonchev–Trinajstić information content (AvgIpc) is 3.05. The molecule has 7 heteroatoms. The van der Waals surface area contributed by atoms with Gasteiger partial charge in [-0.25, -0.2) is 4.98 Å². The minimum atomic E-state index is -0.309. The van der Waals surface area contributed by atoms with Crippen molar-refractivity contribution in [1.29, 1.82) is 0 Å². The quantitative estimate of drug-likeness (QED) is 0.519. The molecule has 4 rings (SSSR count). The van der Waals surface area contributed by atoms with Crippen molar-refractivity contribution >= 4 is 17.9 Å². The first-order valence-electron chi connectivity index (χ1n) is 6.84. The number of nitrogens with one attached hydrogen (secondary N) is 1. The van der Waals surface area contributed by atoms with Crippen LogP contribution in [0.25, 0.3) is 17.9 Å². The molecule has 0 saturated carbocycles. The summed E-state index contributed by atoms with van der Waals surface area (Å²) in [5.74, 6) is -0.0667. The predicted molar refractivity (Wildman–Crippen MR) is 79.0 cm³/mol. The maximum atomic E-state index is 12.1. The molecule has 0 amide bonds. The van der Waals surface area contributed by atoms with Gasteiger partial charge in [0.1, 0.15) is 5.35 Å². The van der Waals surface area contributed by atoms with Crippen LogP contribution in [0.4, 0.5) is 0 Å². The number of hydrogen-bond acceptors (Lipinski definition) is 5. The molecule has 0 fully saturated rings. The highest BCUT2D eigenvalue weighted by molar-refractivity contribution is 5.55. The van der Waals surface area contributed by atoms with Gasteiger partial charge in [-0.15, -0.1) is 0 Å².